The van der Waals surface area contributed by atoms with Crippen LogP contribution in [0.1, 0.15) is 0 Å². The molecule has 0 aliphatic rings. The molecule has 2 N–H and O–H groups in total. The van der Waals surface area contributed by atoms with Gasteiger partial charge >= 0.3 is 6.18 Å². The Bertz CT molecular complexity index is 596. The first kappa shape index (κ1) is 20.0. The van der Waals surface area contributed by atoms with Gasteiger partial charge in [-0.15, -0.1) is 0 Å². The van der Waals surface area contributed by atoms with E-state index in [-0.39, 0.29) is 13.1 Å². The fraction of sp³-hybridized carbons (Fsp3) is 0.429. The number of halogens is 4. The third kappa shape index (κ3) is 7.51. The van der Waals surface area contributed by atoms with Gasteiger partial charge in [-0.05, 0) is 25.2 Å². The fourth-order valence-electron chi connectivity index (χ4n) is 1.77. The van der Waals surface area contributed by atoms with Crippen molar-refractivity contribution in [1.82, 2.24) is 10.2 Å². The van der Waals surface area contributed by atoms with Crippen molar-refractivity contribution < 1.29 is 27.5 Å². The molecule has 0 saturated heterocycles. The zero-order chi connectivity index (χ0) is 18.3. The molecule has 1 aromatic rings. The molecule has 134 valence electrons. The van der Waals surface area contributed by atoms with Crippen LogP contribution in [0.25, 0.3) is 0 Å². The average molecular weight is 368 g/mol. The lowest BCUT2D eigenvalue weighted by Crippen LogP contribution is -2.41. The van der Waals surface area contributed by atoms with Gasteiger partial charge in [-0.25, -0.2) is 0 Å². The van der Waals surface area contributed by atoms with Gasteiger partial charge in [0.15, 0.2) is 0 Å². The Balaban J connectivity index is 2.50. The maximum Gasteiger partial charge on any atom is 0.405 e. The first-order valence-corrected chi connectivity index (χ1v) is 7.14. The molecule has 1 rings (SSSR count). The molecule has 0 aliphatic heterocycles. The van der Waals surface area contributed by atoms with Crippen molar-refractivity contribution in [3.63, 3.8) is 0 Å². The Labute approximate surface area is 141 Å². The number of nitrogens with zero attached hydrogens (tertiary/aromatic N) is 1. The Hall–Kier alpha value is -2.00. The molecule has 0 saturated carbocycles. The van der Waals surface area contributed by atoms with Crippen LogP contribution in [0.15, 0.2) is 18.2 Å². The van der Waals surface area contributed by atoms with Gasteiger partial charge in [-0.1, -0.05) is 11.6 Å². The molecular formula is C14H17ClF3N3O3. The lowest BCUT2D eigenvalue weighted by Gasteiger charge is -2.17. The van der Waals surface area contributed by atoms with E-state index in [0.29, 0.717) is 16.5 Å². The lowest BCUT2D eigenvalue weighted by atomic mass is 10.3. The molecule has 0 aromatic heterocycles. The minimum atomic E-state index is -4.48. The summed E-state index contributed by atoms with van der Waals surface area (Å²) in [4.78, 5) is 24.6. The molecular weight excluding hydrogens is 351 g/mol. The predicted molar refractivity (Wildman–Crippen MR) is 83.2 cm³/mol. The van der Waals surface area contributed by atoms with Gasteiger partial charge in [0.2, 0.25) is 11.8 Å². The van der Waals surface area contributed by atoms with Crippen LogP contribution in [0.3, 0.4) is 0 Å². The van der Waals surface area contributed by atoms with Crippen LogP contribution in [-0.2, 0) is 9.59 Å². The number of benzene rings is 1. The van der Waals surface area contributed by atoms with Crippen LogP contribution in [-0.4, -0.2) is 56.7 Å². The summed E-state index contributed by atoms with van der Waals surface area (Å²) in [5.41, 5.74) is 0.352. The van der Waals surface area contributed by atoms with E-state index in [1.807, 2.05) is 0 Å². The molecule has 0 atom stereocenters. The Morgan fingerprint density at radius 3 is 2.46 bits per heavy atom. The van der Waals surface area contributed by atoms with Gasteiger partial charge in [0.25, 0.3) is 0 Å². The number of alkyl halides is 3. The van der Waals surface area contributed by atoms with E-state index >= 15 is 0 Å². The highest BCUT2D eigenvalue weighted by atomic mass is 35.5. The number of carbonyl (C=O) groups excluding carboxylic acids is 2. The number of rotatable bonds is 7. The third-order valence-corrected chi connectivity index (χ3v) is 2.98. The van der Waals surface area contributed by atoms with Crippen molar-refractivity contribution in [2.45, 2.75) is 6.18 Å². The van der Waals surface area contributed by atoms with E-state index < -0.39 is 24.5 Å². The molecule has 2 amide bonds. The Kier molecular flexibility index (Phi) is 7.30. The third-order valence-electron chi connectivity index (χ3n) is 2.75. The molecule has 1 aromatic carbocycles. The quantitative estimate of drug-likeness (QED) is 0.772. The number of hydrogen-bond acceptors (Lipinski definition) is 4. The zero-order valence-corrected chi connectivity index (χ0v) is 13.8. The molecule has 0 bridgehead atoms. The van der Waals surface area contributed by atoms with Crippen LogP contribution in [0, 0.1) is 0 Å². The summed E-state index contributed by atoms with van der Waals surface area (Å²) < 4.78 is 41.1. The fourth-order valence-corrected chi connectivity index (χ4v) is 1.94. The standard InChI is InChI=1S/C14H17ClF3N3O3/c1-21(6-12(22)19-8-14(16,17)18)7-13(23)20-10-5-9(15)3-4-11(10)24-2/h3-5H,6-8H2,1-2H3,(H,19,22)(H,20,23). The zero-order valence-electron chi connectivity index (χ0n) is 13.0. The second kappa shape index (κ2) is 8.74. The van der Waals surface area contributed by atoms with Crippen molar-refractivity contribution >= 4 is 29.1 Å². The summed E-state index contributed by atoms with van der Waals surface area (Å²) in [6.07, 6.45) is -4.48. The molecule has 6 nitrogen and oxygen atoms in total. The van der Waals surface area contributed by atoms with E-state index in [0.717, 1.165) is 0 Å². The van der Waals surface area contributed by atoms with Crippen molar-refractivity contribution in [2.24, 2.45) is 0 Å². The number of nitrogens with one attached hydrogen (secondary N) is 2. The second-order valence-electron chi connectivity index (χ2n) is 4.96. The van der Waals surface area contributed by atoms with Gasteiger partial charge in [-0.3, -0.25) is 14.5 Å². The summed E-state index contributed by atoms with van der Waals surface area (Å²) >= 11 is 5.84. The van der Waals surface area contributed by atoms with Gasteiger partial charge in [-0.2, -0.15) is 13.2 Å². The van der Waals surface area contributed by atoms with Gasteiger partial charge < -0.3 is 15.4 Å². The lowest BCUT2D eigenvalue weighted by molar-refractivity contribution is -0.139. The van der Waals surface area contributed by atoms with Gasteiger partial charge in [0, 0.05) is 5.02 Å². The number of methoxy groups -OCH3 is 1. The van der Waals surface area contributed by atoms with E-state index in [1.165, 1.54) is 25.1 Å². The number of likely N-dealkylation sites (N-methyl/N-ethyl adjacent to an activating group) is 1. The summed E-state index contributed by atoms with van der Waals surface area (Å²) in [6.45, 7) is -1.96. The molecule has 24 heavy (non-hydrogen) atoms. The smallest absolute Gasteiger partial charge is 0.405 e. The first-order valence-electron chi connectivity index (χ1n) is 6.76. The van der Waals surface area contributed by atoms with Crippen molar-refractivity contribution in [1.29, 1.82) is 0 Å². The van der Waals surface area contributed by atoms with Crippen LogP contribution < -0.4 is 15.4 Å². The summed E-state index contributed by atoms with van der Waals surface area (Å²) in [5, 5.41) is 4.68. The monoisotopic (exact) mass is 367 g/mol. The van der Waals surface area contributed by atoms with Crippen LogP contribution >= 0.6 is 11.6 Å². The van der Waals surface area contributed by atoms with Crippen LogP contribution in [0.4, 0.5) is 18.9 Å². The Morgan fingerprint density at radius 1 is 1.25 bits per heavy atom. The van der Waals surface area contributed by atoms with Crippen LogP contribution in [0.5, 0.6) is 5.75 Å². The highest BCUT2D eigenvalue weighted by Crippen LogP contribution is 2.27. The van der Waals surface area contributed by atoms with Crippen LogP contribution in [0.2, 0.25) is 5.02 Å². The average Bonchev–Trinajstić information content (AvgIpc) is 2.44. The Morgan fingerprint density at radius 2 is 1.88 bits per heavy atom. The molecule has 0 heterocycles. The molecule has 0 fully saturated rings. The van der Waals surface area contributed by atoms with Gasteiger partial charge in [0.1, 0.15) is 12.3 Å². The van der Waals surface area contributed by atoms with Crippen molar-refractivity contribution in [3.05, 3.63) is 23.2 Å². The van der Waals surface area contributed by atoms with E-state index in [4.69, 9.17) is 16.3 Å². The number of carbonyl (C=O) groups is 2. The van der Waals surface area contributed by atoms with E-state index in [9.17, 15) is 22.8 Å². The molecule has 0 aliphatic carbocycles. The maximum atomic E-state index is 12.0. The molecule has 0 spiro atoms. The molecule has 10 heteroatoms. The second-order valence-corrected chi connectivity index (χ2v) is 5.39. The maximum absolute atomic E-state index is 12.0. The minimum absolute atomic E-state index is 0.199. The highest BCUT2D eigenvalue weighted by Gasteiger charge is 2.27. The normalized spacial score (nSPS) is 11.3. The summed E-state index contributed by atoms with van der Waals surface area (Å²) in [6, 6.07) is 4.66. The summed E-state index contributed by atoms with van der Waals surface area (Å²) in [5.74, 6) is -0.900. The molecule has 0 unspecified atom stereocenters. The summed E-state index contributed by atoms with van der Waals surface area (Å²) in [7, 11) is 2.86. The minimum Gasteiger partial charge on any atom is -0.495 e. The van der Waals surface area contributed by atoms with Gasteiger partial charge in [0.05, 0.1) is 25.9 Å². The number of amides is 2. The van der Waals surface area contributed by atoms with E-state index in [1.54, 1.807) is 17.4 Å². The van der Waals surface area contributed by atoms with Crippen molar-refractivity contribution in [2.75, 3.05) is 39.1 Å². The predicted octanol–water partition coefficient (Wildman–Crippen LogP) is 1.90. The first-order chi connectivity index (χ1) is 11.1. The number of ether oxygens (including phenoxy) is 1. The van der Waals surface area contributed by atoms with Crippen molar-refractivity contribution in [3.8, 4) is 5.75 Å². The SMILES string of the molecule is COc1ccc(Cl)cc1NC(=O)CN(C)CC(=O)NCC(F)(F)F. The number of hydrogen-bond donors (Lipinski definition) is 2. The number of anilines is 1. The molecule has 0 radical (unpaired) electrons. The highest BCUT2D eigenvalue weighted by molar-refractivity contribution is 6.31. The largest absolute Gasteiger partial charge is 0.495 e. The van der Waals surface area contributed by atoms with E-state index in [2.05, 4.69) is 5.32 Å². The topological polar surface area (TPSA) is 70.7 Å².